The summed E-state index contributed by atoms with van der Waals surface area (Å²) < 4.78 is 15.3. The van der Waals surface area contributed by atoms with Gasteiger partial charge >= 0.3 is 0 Å². The maximum absolute atomic E-state index is 13.6. The van der Waals surface area contributed by atoms with Gasteiger partial charge in [0.1, 0.15) is 11.6 Å². The number of fused-ring (bicyclic) bond motifs is 1. The summed E-state index contributed by atoms with van der Waals surface area (Å²) in [6.07, 6.45) is 4.44. The first-order chi connectivity index (χ1) is 13.0. The topological polar surface area (TPSA) is 50.5 Å². The van der Waals surface area contributed by atoms with Crippen molar-refractivity contribution in [2.75, 3.05) is 18.0 Å². The van der Waals surface area contributed by atoms with Crippen LogP contribution in [0.3, 0.4) is 0 Å². The van der Waals surface area contributed by atoms with Crippen LogP contribution in [0.4, 0.5) is 10.2 Å². The number of carbonyl (C=O) groups excluding carboxylic acids is 1. The average molecular weight is 387 g/mol. The molecule has 0 atom stereocenters. The predicted molar refractivity (Wildman–Crippen MR) is 104 cm³/mol. The Labute approximate surface area is 161 Å². The maximum atomic E-state index is 13.6. The molecule has 3 heterocycles. The van der Waals surface area contributed by atoms with E-state index in [1.807, 2.05) is 6.92 Å². The first kappa shape index (κ1) is 17.9. The van der Waals surface area contributed by atoms with Gasteiger partial charge in [-0.15, -0.1) is 0 Å². The standard InChI is InChI=1S/C20H20ClFN4O/c1-12-5-7-25(8-6-12)20-18(16-4-3-15(22)9-17(16)21)13(2)24-19-14(11-27)10-23-26(19)20/h3-4,9-12H,5-8H2,1-2H3. The van der Waals surface area contributed by atoms with E-state index in [0.29, 0.717) is 27.7 Å². The average Bonchev–Trinajstić information content (AvgIpc) is 3.04. The van der Waals surface area contributed by atoms with Crippen molar-refractivity contribution in [1.82, 2.24) is 14.6 Å². The molecule has 0 aliphatic carbocycles. The molecule has 5 nitrogen and oxygen atoms in total. The van der Waals surface area contributed by atoms with Gasteiger partial charge in [-0.2, -0.15) is 9.61 Å². The lowest BCUT2D eigenvalue weighted by atomic mass is 9.97. The summed E-state index contributed by atoms with van der Waals surface area (Å²) in [7, 11) is 0. The van der Waals surface area contributed by atoms with Crippen LogP contribution in [-0.2, 0) is 0 Å². The summed E-state index contributed by atoms with van der Waals surface area (Å²) in [5.41, 5.74) is 3.23. The van der Waals surface area contributed by atoms with Crippen LogP contribution in [0.2, 0.25) is 5.02 Å². The van der Waals surface area contributed by atoms with E-state index >= 15 is 0 Å². The molecule has 4 rings (SSSR count). The highest BCUT2D eigenvalue weighted by molar-refractivity contribution is 6.33. The molecule has 0 bridgehead atoms. The Morgan fingerprint density at radius 3 is 2.70 bits per heavy atom. The molecule has 1 aromatic carbocycles. The molecule has 27 heavy (non-hydrogen) atoms. The highest BCUT2D eigenvalue weighted by atomic mass is 35.5. The van der Waals surface area contributed by atoms with Gasteiger partial charge in [-0.05, 0) is 43.9 Å². The molecule has 1 aliphatic heterocycles. The van der Waals surface area contributed by atoms with Crippen LogP contribution in [-0.4, -0.2) is 34.0 Å². The lowest BCUT2D eigenvalue weighted by Crippen LogP contribution is -2.35. The fraction of sp³-hybridized carbons (Fsp3) is 0.350. The first-order valence-electron chi connectivity index (χ1n) is 9.03. The SMILES string of the molecule is Cc1nc2c(C=O)cnn2c(N2CCC(C)CC2)c1-c1ccc(F)cc1Cl. The molecule has 1 aliphatic rings. The van der Waals surface area contributed by atoms with Gasteiger partial charge in [-0.3, -0.25) is 4.79 Å². The quantitative estimate of drug-likeness (QED) is 0.620. The van der Waals surface area contributed by atoms with Gasteiger partial charge in [0.25, 0.3) is 0 Å². The van der Waals surface area contributed by atoms with Crippen LogP contribution in [0.5, 0.6) is 0 Å². The molecular formula is C20H20ClFN4O. The Kier molecular flexibility index (Phi) is 4.60. The van der Waals surface area contributed by atoms with Gasteiger partial charge in [0.05, 0.1) is 22.5 Å². The van der Waals surface area contributed by atoms with E-state index in [1.165, 1.54) is 18.3 Å². The Hall–Kier alpha value is -2.47. The van der Waals surface area contributed by atoms with E-state index in [2.05, 4.69) is 21.9 Å². The fourth-order valence-corrected chi connectivity index (χ4v) is 3.97. The second kappa shape index (κ2) is 6.93. The van der Waals surface area contributed by atoms with E-state index in [4.69, 9.17) is 11.6 Å². The number of nitrogens with zero attached hydrogens (tertiary/aromatic N) is 4. The number of hydrogen-bond acceptors (Lipinski definition) is 4. The lowest BCUT2D eigenvalue weighted by molar-refractivity contribution is 0.112. The predicted octanol–water partition coefficient (Wildman–Crippen LogP) is 4.55. The Morgan fingerprint density at radius 1 is 1.30 bits per heavy atom. The summed E-state index contributed by atoms with van der Waals surface area (Å²) in [6, 6.07) is 4.38. The van der Waals surface area contributed by atoms with Crippen LogP contribution in [0.1, 0.15) is 35.8 Å². The summed E-state index contributed by atoms with van der Waals surface area (Å²) >= 11 is 6.38. The van der Waals surface area contributed by atoms with Crippen LogP contribution in [0.25, 0.3) is 16.8 Å². The largest absolute Gasteiger partial charge is 0.356 e. The van der Waals surface area contributed by atoms with E-state index in [0.717, 1.165) is 49.3 Å². The molecule has 3 aromatic rings. The first-order valence-corrected chi connectivity index (χ1v) is 9.41. The fourth-order valence-electron chi connectivity index (χ4n) is 3.71. The monoisotopic (exact) mass is 386 g/mol. The van der Waals surface area contributed by atoms with Crippen molar-refractivity contribution in [3.8, 4) is 11.1 Å². The summed E-state index contributed by atoms with van der Waals surface area (Å²) in [4.78, 5) is 18.3. The zero-order chi connectivity index (χ0) is 19.1. The van der Waals surface area contributed by atoms with E-state index in [-0.39, 0.29) is 5.82 Å². The zero-order valence-corrected chi connectivity index (χ0v) is 16.0. The highest BCUT2D eigenvalue weighted by Gasteiger charge is 2.26. The number of carbonyl (C=O) groups is 1. The molecular weight excluding hydrogens is 367 g/mol. The normalized spacial score (nSPS) is 15.5. The number of rotatable bonds is 3. The van der Waals surface area contributed by atoms with Gasteiger partial charge in [0.2, 0.25) is 0 Å². The molecule has 0 N–H and O–H groups in total. The smallest absolute Gasteiger partial charge is 0.168 e. The van der Waals surface area contributed by atoms with Crippen molar-refractivity contribution in [3.63, 3.8) is 0 Å². The number of anilines is 1. The van der Waals surface area contributed by atoms with Crippen LogP contribution in [0.15, 0.2) is 24.4 Å². The van der Waals surface area contributed by atoms with E-state index in [9.17, 15) is 9.18 Å². The molecule has 0 amide bonds. The number of hydrogen-bond donors (Lipinski definition) is 0. The molecule has 0 spiro atoms. The third-order valence-corrected chi connectivity index (χ3v) is 5.55. The molecule has 140 valence electrons. The Bertz CT molecular complexity index is 1020. The Morgan fingerprint density at radius 2 is 2.04 bits per heavy atom. The van der Waals surface area contributed by atoms with Gasteiger partial charge < -0.3 is 4.90 Å². The lowest BCUT2D eigenvalue weighted by Gasteiger charge is -2.34. The van der Waals surface area contributed by atoms with Gasteiger partial charge in [-0.25, -0.2) is 9.37 Å². The van der Waals surface area contributed by atoms with Gasteiger partial charge in [-0.1, -0.05) is 18.5 Å². The van der Waals surface area contributed by atoms with Crippen molar-refractivity contribution < 1.29 is 9.18 Å². The third-order valence-electron chi connectivity index (χ3n) is 5.24. The second-order valence-corrected chi connectivity index (χ2v) is 7.55. The molecule has 1 fully saturated rings. The molecule has 0 unspecified atom stereocenters. The summed E-state index contributed by atoms with van der Waals surface area (Å²) in [5, 5.41) is 4.75. The molecule has 0 radical (unpaired) electrons. The molecule has 0 saturated carbocycles. The molecule has 7 heteroatoms. The van der Waals surface area contributed by atoms with Crippen LogP contribution in [0, 0.1) is 18.7 Å². The van der Waals surface area contributed by atoms with E-state index < -0.39 is 0 Å². The second-order valence-electron chi connectivity index (χ2n) is 7.14. The number of piperidine rings is 1. The minimum absolute atomic E-state index is 0.327. The highest BCUT2D eigenvalue weighted by Crippen LogP contribution is 2.39. The minimum Gasteiger partial charge on any atom is -0.356 e. The van der Waals surface area contributed by atoms with Gasteiger partial charge in [0.15, 0.2) is 11.9 Å². The minimum atomic E-state index is -0.383. The number of benzene rings is 1. The van der Waals surface area contributed by atoms with Crippen molar-refractivity contribution >= 4 is 29.4 Å². The summed E-state index contributed by atoms with van der Waals surface area (Å²) in [6.45, 7) is 5.89. The zero-order valence-electron chi connectivity index (χ0n) is 15.2. The van der Waals surface area contributed by atoms with Crippen molar-refractivity contribution in [3.05, 3.63) is 46.5 Å². The number of halogens is 2. The maximum Gasteiger partial charge on any atom is 0.168 e. The third kappa shape index (κ3) is 3.08. The number of aromatic nitrogens is 3. The number of aldehydes is 1. The van der Waals surface area contributed by atoms with Crippen LogP contribution >= 0.6 is 11.6 Å². The molecule has 2 aromatic heterocycles. The Balaban J connectivity index is 2.00. The van der Waals surface area contributed by atoms with Crippen LogP contribution < -0.4 is 4.90 Å². The summed E-state index contributed by atoms with van der Waals surface area (Å²) in [5.74, 6) is 1.14. The molecule has 1 saturated heterocycles. The van der Waals surface area contributed by atoms with Crippen molar-refractivity contribution in [2.45, 2.75) is 26.7 Å². The van der Waals surface area contributed by atoms with Crippen molar-refractivity contribution in [1.29, 1.82) is 0 Å². The van der Waals surface area contributed by atoms with Crippen molar-refractivity contribution in [2.24, 2.45) is 5.92 Å². The number of aryl methyl sites for hydroxylation is 1. The van der Waals surface area contributed by atoms with Gasteiger partial charge in [0, 0.05) is 24.2 Å². The van der Waals surface area contributed by atoms with E-state index in [1.54, 1.807) is 10.6 Å².